The predicted octanol–water partition coefficient (Wildman–Crippen LogP) is 4.43. The summed E-state index contributed by atoms with van der Waals surface area (Å²) < 4.78 is 0. The summed E-state index contributed by atoms with van der Waals surface area (Å²) in [6.45, 7) is 8.52. The summed E-state index contributed by atoms with van der Waals surface area (Å²) in [5.41, 5.74) is 1.59. The molecule has 0 radical (unpaired) electrons. The Bertz CT molecular complexity index is 145. The van der Waals surface area contributed by atoms with Crippen molar-refractivity contribution in [3.63, 3.8) is 0 Å². The molecule has 0 aromatic carbocycles. The molecular weight excluding hydrogens is 164 g/mol. The zero-order valence-electron chi connectivity index (χ0n) is 8.85. The van der Waals surface area contributed by atoms with E-state index in [2.05, 4.69) is 26.5 Å². The van der Waals surface area contributed by atoms with Crippen LogP contribution in [0.4, 0.5) is 0 Å². The minimum atomic E-state index is 0.716. The summed E-state index contributed by atoms with van der Waals surface area (Å²) in [4.78, 5) is 1.36. The van der Waals surface area contributed by atoms with Crippen molar-refractivity contribution in [3.05, 3.63) is 10.5 Å². The Morgan fingerprint density at radius 1 is 1.08 bits per heavy atom. The Kier molecular flexibility index (Phi) is 6.64. The molecule has 0 amide bonds. The van der Waals surface area contributed by atoms with Crippen LogP contribution in [0.5, 0.6) is 0 Å². The van der Waals surface area contributed by atoms with Crippen LogP contribution in [0.1, 0.15) is 53.4 Å². The summed E-state index contributed by atoms with van der Waals surface area (Å²) in [7, 11) is 0. The molecule has 0 nitrogen and oxygen atoms in total. The van der Waals surface area contributed by atoms with Gasteiger partial charge < -0.3 is 0 Å². The van der Waals surface area contributed by atoms with E-state index in [4.69, 9.17) is 0 Å². The third-order valence-corrected chi connectivity index (χ3v) is 2.69. The fraction of sp³-hybridized carbons (Fsp3) is 0.818. The van der Waals surface area contributed by atoms with E-state index in [1.54, 1.807) is 5.57 Å². The molecule has 1 heteroatoms. The highest BCUT2D eigenvalue weighted by molar-refractivity contribution is 7.84. The summed E-state index contributed by atoms with van der Waals surface area (Å²) in [5, 5.41) is 0. The minimum Gasteiger partial charge on any atom is -0.148 e. The van der Waals surface area contributed by atoms with Crippen molar-refractivity contribution in [3.8, 4) is 0 Å². The second-order valence-corrected chi connectivity index (χ2v) is 3.87. The van der Waals surface area contributed by atoms with Crippen molar-refractivity contribution in [2.75, 3.05) is 0 Å². The molecule has 0 fully saturated rings. The summed E-state index contributed by atoms with van der Waals surface area (Å²) in [6, 6.07) is 0. The molecule has 72 valence electrons. The molecule has 0 unspecified atom stereocenters. The van der Waals surface area contributed by atoms with E-state index < -0.39 is 0 Å². The predicted molar refractivity (Wildman–Crippen MR) is 60.7 cm³/mol. The maximum absolute atomic E-state index is 4.48. The normalized spacial score (nSPS) is 17.5. The van der Waals surface area contributed by atoms with E-state index in [1.807, 2.05) is 13.8 Å². The Labute approximate surface area is 82.9 Å². The monoisotopic (exact) mass is 186 g/mol. The number of rotatable bonds is 1. The molecule has 12 heavy (non-hydrogen) atoms. The second kappa shape index (κ2) is 6.59. The number of hydrogen-bond donors (Lipinski definition) is 1. The lowest BCUT2D eigenvalue weighted by Gasteiger charge is -2.19. The zero-order valence-corrected chi connectivity index (χ0v) is 9.75. The van der Waals surface area contributed by atoms with Gasteiger partial charge in [0.1, 0.15) is 0 Å². The van der Waals surface area contributed by atoms with Crippen molar-refractivity contribution in [1.29, 1.82) is 0 Å². The topological polar surface area (TPSA) is 0 Å². The van der Waals surface area contributed by atoms with Gasteiger partial charge in [-0.3, -0.25) is 0 Å². The first-order valence-corrected chi connectivity index (χ1v) is 5.57. The number of hydrogen-bond acceptors (Lipinski definition) is 1. The van der Waals surface area contributed by atoms with Gasteiger partial charge in [0.2, 0.25) is 0 Å². The molecule has 0 bridgehead atoms. The molecule has 0 atom stereocenters. The largest absolute Gasteiger partial charge is 0.148 e. The highest BCUT2D eigenvalue weighted by atomic mass is 32.1. The van der Waals surface area contributed by atoms with Crippen LogP contribution in [0.15, 0.2) is 10.5 Å². The molecule has 0 N–H and O–H groups in total. The van der Waals surface area contributed by atoms with E-state index in [-0.39, 0.29) is 0 Å². The fourth-order valence-corrected chi connectivity index (χ4v) is 2.06. The fourth-order valence-electron chi connectivity index (χ4n) is 1.53. The molecule has 0 aromatic heterocycles. The van der Waals surface area contributed by atoms with Gasteiger partial charge in [0.05, 0.1) is 0 Å². The van der Waals surface area contributed by atoms with E-state index in [0.29, 0.717) is 5.92 Å². The van der Waals surface area contributed by atoms with Crippen LogP contribution >= 0.6 is 12.6 Å². The SMILES string of the molecule is CC.CC(C)C1=C(S)CCCC1. The first-order chi connectivity index (χ1) is 5.72. The van der Waals surface area contributed by atoms with Crippen molar-refractivity contribution in [2.45, 2.75) is 53.4 Å². The van der Waals surface area contributed by atoms with Crippen molar-refractivity contribution < 1.29 is 0 Å². The molecule has 0 heterocycles. The molecular formula is C11H22S. The van der Waals surface area contributed by atoms with Crippen LogP contribution in [-0.2, 0) is 0 Å². The highest BCUT2D eigenvalue weighted by Gasteiger charge is 2.11. The van der Waals surface area contributed by atoms with Gasteiger partial charge in [-0.05, 0) is 36.5 Å². The average Bonchev–Trinajstić information content (AvgIpc) is 2.08. The number of allylic oxidation sites excluding steroid dienone is 2. The van der Waals surface area contributed by atoms with Gasteiger partial charge in [0, 0.05) is 0 Å². The van der Waals surface area contributed by atoms with Crippen LogP contribution in [0.2, 0.25) is 0 Å². The van der Waals surface area contributed by atoms with E-state index in [1.165, 1.54) is 30.6 Å². The molecule has 1 aliphatic carbocycles. The van der Waals surface area contributed by atoms with Gasteiger partial charge in [-0.15, -0.1) is 12.6 Å². The van der Waals surface area contributed by atoms with E-state index >= 15 is 0 Å². The smallest absolute Gasteiger partial charge is 0.0190 e. The maximum atomic E-state index is 4.48. The summed E-state index contributed by atoms with van der Waals surface area (Å²) in [5.74, 6) is 0.716. The molecule has 0 aliphatic heterocycles. The standard InChI is InChI=1S/C9H16S.C2H6/c1-7(2)8-5-3-4-6-9(8)10;1-2/h7,10H,3-6H2,1-2H3;1-2H3. The maximum Gasteiger partial charge on any atom is -0.0190 e. The van der Waals surface area contributed by atoms with Gasteiger partial charge in [0.15, 0.2) is 0 Å². The molecule has 0 saturated heterocycles. The Morgan fingerprint density at radius 3 is 1.92 bits per heavy atom. The van der Waals surface area contributed by atoms with Crippen LogP contribution in [0, 0.1) is 5.92 Å². The average molecular weight is 186 g/mol. The van der Waals surface area contributed by atoms with Gasteiger partial charge in [-0.1, -0.05) is 33.3 Å². The van der Waals surface area contributed by atoms with E-state index in [0.717, 1.165) is 0 Å². The Balaban J connectivity index is 0.000000561. The first-order valence-electron chi connectivity index (χ1n) is 5.12. The third-order valence-electron chi connectivity index (χ3n) is 2.18. The third kappa shape index (κ3) is 3.66. The first kappa shape index (κ1) is 12.1. The van der Waals surface area contributed by atoms with Gasteiger partial charge in [-0.25, -0.2) is 0 Å². The zero-order chi connectivity index (χ0) is 9.56. The van der Waals surface area contributed by atoms with Crippen molar-refractivity contribution in [2.24, 2.45) is 5.92 Å². The molecule has 1 rings (SSSR count). The molecule has 0 aromatic rings. The van der Waals surface area contributed by atoms with Crippen molar-refractivity contribution >= 4 is 12.6 Å². The van der Waals surface area contributed by atoms with Crippen LogP contribution in [0.25, 0.3) is 0 Å². The van der Waals surface area contributed by atoms with Crippen LogP contribution < -0.4 is 0 Å². The Hall–Kier alpha value is 0.0900. The lowest BCUT2D eigenvalue weighted by molar-refractivity contribution is 0.615. The molecule has 0 spiro atoms. The Morgan fingerprint density at radius 2 is 1.58 bits per heavy atom. The highest BCUT2D eigenvalue weighted by Crippen LogP contribution is 2.31. The van der Waals surface area contributed by atoms with Crippen LogP contribution in [-0.4, -0.2) is 0 Å². The van der Waals surface area contributed by atoms with Crippen LogP contribution in [0.3, 0.4) is 0 Å². The summed E-state index contributed by atoms with van der Waals surface area (Å²) >= 11 is 4.48. The quantitative estimate of drug-likeness (QED) is 0.576. The van der Waals surface area contributed by atoms with Gasteiger partial charge in [-0.2, -0.15) is 0 Å². The van der Waals surface area contributed by atoms with E-state index in [9.17, 15) is 0 Å². The number of thiol groups is 1. The lowest BCUT2D eigenvalue weighted by atomic mass is 9.91. The molecule has 0 saturated carbocycles. The van der Waals surface area contributed by atoms with Crippen molar-refractivity contribution in [1.82, 2.24) is 0 Å². The second-order valence-electron chi connectivity index (χ2n) is 3.33. The lowest BCUT2D eigenvalue weighted by Crippen LogP contribution is -2.01. The van der Waals surface area contributed by atoms with Gasteiger partial charge >= 0.3 is 0 Å². The minimum absolute atomic E-state index is 0.716. The van der Waals surface area contributed by atoms with Gasteiger partial charge in [0.25, 0.3) is 0 Å². The molecule has 1 aliphatic rings. The summed E-state index contributed by atoms with van der Waals surface area (Å²) in [6.07, 6.45) is 5.22.